The Morgan fingerprint density at radius 2 is 1.37 bits per heavy atom. The molecule has 2 heteroatoms. The zero-order chi connectivity index (χ0) is 21.0. The van der Waals surface area contributed by atoms with Crippen molar-refractivity contribution >= 4 is 0 Å². The highest BCUT2D eigenvalue weighted by Crippen LogP contribution is 2.42. The van der Waals surface area contributed by atoms with Crippen molar-refractivity contribution in [2.75, 3.05) is 0 Å². The first-order valence-corrected chi connectivity index (χ1v) is 10.8. The van der Waals surface area contributed by atoms with E-state index in [1.807, 2.05) is 42.5 Å². The van der Waals surface area contributed by atoms with E-state index in [9.17, 15) is 5.11 Å². The van der Waals surface area contributed by atoms with Crippen LogP contribution in [0.3, 0.4) is 0 Å². The van der Waals surface area contributed by atoms with Crippen molar-refractivity contribution < 1.29 is 10.4 Å². The number of hydrogen-bond acceptors (Lipinski definition) is 1. The van der Waals surface area contributed by atoms with Crippen molar-refractivity contribution in [3.05, 3.63) is 108 Å². The van der Waals surface area contributed by atoms with Crippen LogP contribution in [-0.4, -0.2) is 10.7 Å². The second-order valence-corrected chi connectivity index (χ2v) is 8.66. The SMILES string of the molecule is CC(C)[C@H]1[C@@H](c2ccccc2)[NH2+][C@H](c2ccccc2)C[C@]1(O)C#Cc1ccccc1. The first-order chi connectivity index (χ1) is 14.6. The smallest absolute Gasteiger partial charge is 0.140 e. The van der Waals surface area contributed by atoms with Gasteiger partial charge in [0.25, 0.3) is 0 Å². The van der Waals surface area contributed by atoms with Crippen molar-refractivity contribution in [2.45, 2.75) is 38.0 Å². The zero-order valence-corrected chi connectivity index (χ0v) is 17.7. The van der Waals surface area contributed by atoms with Crippen LogP contribution in [0.4, 0.5) is 0 Å². The Bertz CT molecular complexity index is 1000. The molecule has 0 radical (unpaired) electrons. The summed E-state index contributed by atoms with van der Waals surface area (Å²) < 4.78 is 0. The third-order valence-corrected chi connectivity index (χ3v) is 6.24. The van der Waals surface area contributed by atoms with E-state index >= 15 is 0 Å². The van der Waals surface area contributed by atoms with Crippen molar-refractivity contribution in [1.82, 2.24) is 0 Å². The highest BCUT2D eigenvalue weighted by molar-refractivity contribution is 5.37. The quantitative estimate of drug-likeness (QED) is 0.629. The number of benzene rings is 3. The molecule has 0 saturated carbocycles. The van der Waals surface area contributed by atoms with Gasteiger partial charge < -0.3 is 10.4 Å². The van der Waals surface area contributed by atoms with Crippen molar-refractivity contribution in [2.24, 2.45) is 11.8 Å². The average molecular weight is 397 g/mol. The van der Waals surface area contributed by atoms with Gasteiger partial charge in [0.1, 0.15) is 17.7 Å². The van der Waals surface area contributed by atoms with Crippen LogP contribution in [0.5, 0.6) is 0 Å². The Morgan fingerprint density at radius 1 is 0.833 bits per heavy atom. The van der Waals surface area contributed by atoms with Gasteiger partial charge in [0.05, 0.1) is 5.92 Å². The van der Waals surface area contributed by atoms with E-state index in [-0.39, 0.29) is 18.0 Å². The fourth-order valence-corrected chi connectivity index (χ4v) is 4.93. The van der Waals surface area contributed by atoms with Crippen LogP contribution in [0.25, 0.3) is 0 Å². The molecular weight excluding hydrogens is 366 g/mol. The van der Waals surface area contributed by atoms with Gasteiger partial charge in [-0.1, -0.05) is 105 Å². The van der Waals surface area contributed by atoms with Gasteiger partial charge in [0, 0.05) is 23.1 Å². The summed E-state index contributed by atoms with van der Waals surface area (Å²) in [5.74, 6) is 6.91. The number of piperidine rings is 1. The lowest BCUT2D eigenvalue weighted by molar-refractivity contribution is -0.757. The summed E-state index contributed by atoms with van der Waals surface area (Å²) in [4.78, 5) is 0. The lowest BCUT2D eigenvalue weighted by Crippen LogP contribution is -2.92. The van der Waals surface area contributed by atoms with E-state index in [1.54, 1.807) is 0 Å². The monoisotopic (exact) mass is 396 g/mol. The van der Waals surface area contributed by atoms with Gasteiger partial charge >= 0.3 is 0 Å². The molecule has 0 aromatic heterocycles. The molecule has 4 atom stereocenters. The average Bonchev–Trinajstić information content (AvgIpc) is 2.79. The molecule has 0 unspecified atom stereocenters. The van der Waals surface area contributed by atoms with Crippen LogP contribution in [0.1, 0.15) is 49.0 Å². The number of aliphatic hydroxyl groups is 1. The fourth-order valence-electron chi connectivity index (χ4n) is 4.93. The number of quaternary nitrogens is 1. The summed E-state index contributed by atoms with van der Waals surface area (Å²) in [6.07, 6.45) is 0.614. The van der Waals surface area contributed by atoms with Gasteiger partial charge in [-0.05, 0) is 18.1 Å². The predicted octanol–water partition coefficient (Wildman–Crippen LogP) is 4.49. The first-order valence-electron chi connectivity index (χ1n) is 10.8. The van der Waals surface area contributed by atoms with E-state index in [1.165, 1.54) is 11.1 Å². The Labute approximate surface area is 180 Å². The fraction of sp³-hybridized carbons (Fsp3) is 0.286. The summed E-state index contributed by atoms with van der Waals surface area (Å²) in [6.45, 7) is 4.40. The third-order valence-electron chi connectivity index (χ3n) is 6.24. The molecule has 0 amide bonds. The minimum absolute atomic E-state index is 0.0241. The number of rotatable bonds is 3. The van der Waals surface area contributed by atoms with Crippen molar-refractivity contribution in [3.63, 3.8) is 0 Å². The van der Waals surface area contributed by atoms with E-state index in [0.29, 0.717) is 12.3 Å². The molecule has 3 aromatic rings. The molecule has 1 saturated heterocycles. The minimum Gasteiger partial charge on any atom is -0.377 e. The second-order valence-electron chi connectivity index (χ2n) is 8.66. The van der Waals surface area contributed by atoms with Gasteiger partial charge in [0.2, 0.25) is 0 Å². The molecule has 0 bridgehead atoms. The Kier molecular flexibility index (Phi) is 6.04. The maximum absolute atomic E-state index is 12.0. The van der Waals surface area contributed by atoms with Gasteiger partial charge in [-0.2, -0.15) is 0 Å². The van der Waals surface area contributed by atoms with Gasteiger partial charge in [0.15, 0.2) is 0 Å². The molecule has 1 heterocycles. The van der Waals surface area contributed by atoms with Gasteiger partial charge in [-0.15, -0.1) is 0 Å². The molecule has 2 nitrogen and oxygen atoms in total. The normalized spacial score (nSPS) is 26.1. The lowest BCUT2D eigenvalue weighted by Gasteiger charge is -2.45. The Hall–Kier alpha value is -2.86. The molecule has 30 heavy (non-hydrogen) atoms. The standard InChI is InChI=1S/C28H29NO/c1-21(2)26-27(24-16-10-5-11-17-24)29-25(23-14-8-4-9-15-23)20-28(26,30)19-18-22-12-6-3-7-13-22/h3-17,21,25-27,29-30H,20H2,1-2H3/p+1/t25-,26-,27+,28+/m0/s1. The maximum atomic E-state index is 12.0. The number of hydrogen-bond donors (Lipinski definition) is 2. The van der Waals surface area contributed by atoms with Crippen LogP contribution >= 0.6 is 0 Å². The molecule has 1 aliphatic heterocycles. The van der Waals surface area contributed by atoms with E-state index in [4.69, 9.17) is 0 Å². The molecule has 0 spiro atoms. The summed E-state index contributed by atoms with van der Waals surface area (Å²) >= 11 is 0. The minimum atomic E-state index is -1.07. The molecule has 0 aliphatic carbocycles. The lowest BCUT2D eigenvalue weighted by atomic mass is 9.67. The predicted molar refractivity (Wildman–Crippen MR) is 122 cm³/mol. The van der Waals surface area contributed by atoms with Crippen LogP contribution < -0.4 is 5.32 Å². The van der Waals surface area contributed by atoms with E-state index in [2.05, 4.69) is 79.5 Å². The van der Waals surface area contributed by atoms with E-state index < -0.39 is 5.60 Å². The van der Waals surface area contributed by atoms with Crippen LogP contribution in [0, 0.1) is 23.7 Å². The molecule has 152 valence electrons. The van der Waals surface area contributed by atoms with Crippen molar-refractivity contribution in [1.29, 1.82) is 0 Å². The maximum Gasteiger partial charge on any atom is 0.140 e. The third kappa shape index (κ3) is 4.33. The Balaban J connectivity index is 1.79. The summed E-state index contributed by atoms with van der Waals surface area (Å²) in [5.41, 5.74) is 2.35. The first kappa shape index (κ1) is 20.4. The Morgan fingerprint density at radius 3 is 1.93 bits per heavy atom. The molecule has 3 N–H and O–H groups in total. The largest absolute Gasteiger partial charge is 0.377 e. The highest BCUT2D eigenvalue weighted by Gasteiger charge is 2.51. The topological polar surface area (TPSA) is 36.8 Å². The molecule has 1 aliphatic rings. The second kappa shape index (κ2) is 8.88. The zero-order valence-electron chi connectivity index (χ0n) is 17.7. The van der Waals surface area contributed by atoms with Crippen molar-refractivity contribution in [3.8, 4) is 11.8 Å². The van der Waals surface area contributed by atoms with Crippen LogP contribution in [0.2, 0.25) is 0 Å². The van der Waals surface area contributed by atoms with E-state index in [0.717, 1.165) is 5.56 Å². The molecule has 1 fully saturated rings. The summed E-state index contributed by atoms with van der Waals surface area (Å²) in [6, 6.07) is 31.3. The molecule has 4 rings (SSSR count). The summed E-state index contributed by atoms with van der Waals surface area (Å²) in [7, 11) is 0. The molecular formula is C28H30NO+. The summed E-state index contributed by atoms with van der Waals surface area (Å²) in [5, 5.41) is 14.5. The van der Waals surface area contributed by atoms with Crippen LogP contribution in [-0.2, 0) is 0 Å². The van der Waals surface area contributed by atoms with Gasteiger partial charge in [-0.3, -0.25) is 0 Å². The van der Waals surface area contributed by atoms with Crippen LogP contribution in [0.15, 0.2) is 91.0 Å². The highest BCUT2D eigenvalue weighted by atomic mass is 16.3. The molecule has 3 aromatic carbocycles. The number of nitrogens with two attached hydrogens (primary N) is 1. The van der Waals surface area contributed by atoms with Gasteiger partial charge in [-0.25, -0.2) is 0 Å².